The molecule has 1 fully saturated rings. The van der Waals surface area contributed by atoms with Crippen LogP contribution in [0.15, 0.2) is 96.1 Å². The average molecular weight is 354 g/mol. The summed E-state index contributed by atoms with van der Waals surface area (Å²) >= 11 is 0. The fourth-order valence-electron chi connectivity index (χ4n) is 3.99. The van der Waals surface area contributed by atoms with Crippen LogP contribution in [0.25, 0.3) is 0 Å². The molecule has 3 aromatic carbocycles. The van der Waals surface area contributed by atoms with Gasteiger partial charge in [-0.15, -0.1) is 0 Å². The molecule has 0 spiro atoms. The van der Waals surface area contributed by atoms with Crippen molar-refractivity contribution >= 4 is 5.71 Å². The lowest BCUT2D eigenvalue weighted by Crippen LogP contribution is -2.42. The van der Waals surface area contributed by atoms with Crippen molar-refractivity contribution in [2.75, 3.05) is 0 Å². The highest BCUT2D eigenvalue weighted by Crippen LogP contribution is 2.37. The predicted octanol–water partition coefficient (Wildman–Crippen LogP) is 5.89. The Kier molecular flexibility index (Phi) is 5.34. The van der Waals surface area contributed by atoms with Gasteiger partial charge in [0.1, 0.15) is 5.54 Å². The van der Waals surface area contributed by atoms with E-state index >= 15 is 0 Å². The summed E-state index contributed by atoms with van der Waals surface area (Å²) in [6, 6.07) is 31.9. The third kappa shape index (κ3) is 3.66. The molecular weight excluding hydrogens is 328 g/mol. The number of nitrogens with zero attached hydrogens (tertiary/aromatic N) is 1. The Balaban J connectivity index is 1.89. The van der Waals surface area contributed by atoms with E-state index in [-0.39, 0.29) is 0 Å². The molecule has 0 amide bonds. The molecule has 2 nitrogen and oxygen atoms in total. The first-order valence-corrected chi connectivity index (χ1v) is 9.89. The fourth-order valence-corrected chi connectivity index (χ4v) is 3.99. The van der Waals surface area contributed by atoms with Gasteiger partial charge in [0, 0.05) is 5.71 Å². The summed E-state index contributed by atoms with van der Waals surface area (Å²) < 4.78 is 0. The van der Waals surface area contributed by atoms with E-state index in [2.05, 4.69) is 96.4 Å². The largest absolute Gasteiger partial charge is 0.291 e. The quantitative estimate of drug-likeness (QED) is 0.448. The van der Waals surface area contributed by atoms with Gasteiger partial charge in [0.15, 0.2) is 0 Å². The Hall–Kier alpha value is -2.87. The Bertz CT molecular complexity index is 765. The van der Waals surface area contributed by atoms with Gasteiger partial charge in [0.25, 0.3) is 0 Å². The second-order valence-electron chi connectivity index (χ2n) is 7.20. The van der Waals surface area contributed by atoms with Crippen LogP contribution >= 0.6 is 0 Å². The molecule has 0 atom stereocenters. The van der Waals surface area contributed by atoms with Crippen molar-refractivity contribution in [3.8, 4) is 0 Å². The van der Waals surface area contributed by atoms with Gasteiger partial charge in [-0.1, -0.05) is 97.4 Å². The molecule has 0 radical (unpaired) electrons. The molecule has 0 aliphatic heterocycles. The third-order valence-electron chi connectivity index (χ3n) is 5.43. The molecule has 0 heterocycles. The van der Waals surface area contributed by atoms with Gasteiger partial charge in [-0.2, -0.15) is 5.10 Å². The van der Waals surface area contributed by atoms with Crippen molar-refractivity contribution in [3.63, 3.8) is 0 Å². The Morgan fingerprint density at radius 1 is 0.556 bits per heavy atom. The number of hydrogen-bond acceptors (Lipinski definition) is 2. The SMILES string of the molecule is c1ccc(C(NN=C2CCCCC2)(c2ccccc2)c2ccccc2)cc1. The first-order valence-electron chi connectivity index (χ1n) is 9.89. The first-order chi connectivity index (χ1) is 13.4. The number of hydrazone groups is 1. The highest BCUT2D eigenvalue weighted by molar-refractivity contribution is 5.84. The number of nitrogens with one attached hydrogen (secondary N) is 1. The van der Waals surface area contributed by atoms with E-state index in [1.54, 1.807) is 0 Å². The Morgan fingerprint density at radius 2 is 0.963 bits per heavy atom. The first kappa shape index (κ1) is 17.5. The minimum absolute atomic E-state index is 0.506. The molecule has 27 heavy (non-hydrogen) atoms. The van der Waals surface area contributed by atoms with Crippen LogP contribution in [0.2, 0.25) is 0 Å². The third-order valence-corrected chi connectivity index (χ3v) is 5.43. The summed E-state index contributed by atoms with van der Waals surface area (Å²) in [5.74, 6) is 0. The maximum atomic E-state index is 4.95. The van der Waals surface area contributed by atoms with Crippen LogP contribution in [0.3, 0.4) is 0 Å². The van der Waals surface area contributed by atoms with Gasteiger partial charge in [0.05, 0.1) is 0 Å². The van der Waals surface area contributed by atoms with E-state index in [1.807, 2.05) is 0 Å². The lowest BCUT2D eigenvalue weighted by Gasteiger charge is -2.36. The zero-order chi connectivity index (χ0) is 18.4. The minimum Gasteiger partial charge on any atom is -0.291 e. The summed E-state index contributed by atoms with van der Waals surface area (Å²) in [5, 5.41) is 4.95. The van der Waals surface area contributed by atoms with Crippen LogP contribution in [-0.4, -0.2) is 5.71 Å². The number of rotatable bonds is 5. The maximum absolute atomic E-state index is 4.95. The topological polar surface area (TPSA) is 24.4 Å². The smallest absolute Gasteiger partial charge is 0.130 e. The second-order valence-corrected chi connectivity index (χ2v) is 7.20. The number of benzene rings is 3. The van der Waals surface area contributed by atoms with E-state index in [0.717, 1.165) is 12.8 Å². The molecule has 2 heteroatoms. The molecule has 1 aliphatic rings. The average Bonchev–Trinajstić information content (AvgIpc) is 2.77. The normalized spacial score (nSPS) is 14.6. The van der Waals surface area contributed by atoms with Crippen molar-refractivity contribution in [2.24, 2.45) is 5.10 Å². The molecule has 136 valence electrons. The van der Waals surface area contributed by atoms with Crippen molar-refractivity contribution in [3.05, 3.63) is 108 Å². The molecule has 4 rings (SSSR count). The van der Waals surface area contributed by atoms with Crippen LogP contribution in [0.5, 0.6) is 0 Å². The van der Waals surface area contributed by atoms with Crippen LogP contribution in [-0.2, 0) is 5.54 Å². The molecule has 0 saturated heterocycles. The highest BCUT2D eigenvalue weighted by atomic mass is 15.3. The van der Waals surface area contributed by atoms with Crippen LogP contribution in [0.1, 0.15) is 48.8 Å². The minimum atomic E-state index is -0.506. The van der Waals surface area contributed by atoms with E-state index in [1.165, 1.54) is 41.7 Å². The Morgan fingerprint density at radius 3 is 1.37 bits per heavy atom. The zero-order valence-corrected chi connectivity index (χ0v) is 15.6. The van der Waals surface area contributed by atoms with E-state index < -0.39 is 5.54 Å². The summed E-state index contributed by atoms with van der Waals surface area (Å²) in [6.45, 7) is 0. The van der Waals surface area contributed by atoms with E-state index in [0.29, 0.717) is 0 Å². The van der Waals surface area contributed by atoms with E-state index in [4.69, 9.17) is 5.10 Å². The van der Waals surface area contributed by atoms with Crippen molar-refractivity contribution in [1.29, 1.82) is 0 Å². The predicted molar refractivity (Wildman–Crippen MR) is 113 cm³/mol. The summed E-state index contributed by atoms with van der Waals surface area (Å²) in [5.41, 5.74) is 8.01. The zero-order valence-electron chi connectivity index (χ0n) is 15.6. The van der Waals surface area contributed by atoms with Crippen molar-refractivity contribution < 1.29 is 0 Å². The summed E-state index contributed by atoms with van der Waals surface area (Å²) in [4.78, 5) is 0. The molecule has 0 bridgehead atoms. The molecule has 0 aromatic heterocycles. The molecule has 1 aliphatic carbocycles. The molecule has 1 N–H and O–H groups in total. The van der Waals surface area contributed by atoms with Gasteiger partial charge >= 0.3 is 0 Å². The lowest BCUT2D eigenvalue weighted by molar-refractivity contribution is 0.486. The monoisotopic (exact) mass is 354 g/mol. The van der Waals surface area contributed by atoms with Gasteiger partial charge in [-0.05, 0) is 42.4 Å². The molecular formula is C25H26N2. The van der Waals surface area contributed by atoms with Gasteiger partial charge in [0.2, 0.25) is 0 Å². The highest BCUT2D eigenvalue weighted by Gasteiger charge is 2.36. The molecule has 3 aromatic rings. The standard InChI is InChI=1S/C25H26N2/c1-5-13-21(14-6-1)25(22-15-7-2-8-16-22,23-17-9-3-10-18-23)27-26-24-19-11-4-12-20-24/h1-3,5-10,13-18,27H,4,11-12,19-20H2. The summed E-state index contributed by atoms with van der Waals surface area (Å²) in [6.07, 6.45) is 6.01. The van der Waals surface area contributed by atoms with Crippen LogP contribution in [0.4, 0.5) is 0 Å². The van der Waals surface area contributed by atoms with Crippen molar-refractivity contribution in [2.45, 2.75) is 37.6 Å². The van der Waals surface area contributed by atoms with Crippen LogP contribution in [0, 0.1) is 0 Å². The lowest BCUT2D eigenvalue weighted by atomic mass is 9.77. The molecule has 1 saturated carbocycles. The maximum Gasteiger partial charge on any atom is 0.130 e. The van der Waals surface area contributed by atoms with Gasteiger partial charge < -0.3 is 0 Å². The van der Waals surface area contributed by atoms with E-state index in [9.17, 15) is 0 Å². The summed E-state index contributed by atoms with van der Waals surface area (Å²) in [7, 11) is 0. The van der Waals surface area contributed by atoms with Crippen LogP contribution < -0.4 is 5.43 Å². The molecule has 0 unspecified atom stereocenters. The van der Waals surface area contributed by atoms with Gasteiger partial charge in [-0.3, -0.25) is 5.43 Å². The second kappa shape index (κ2) is 8.22. The van der Waals surface area contributed by atoms with Crippen molar-refractivity contribution in [1.82, 2.24) is 5.43 Å². The fraction of sp³-hybridized carbons (Fsp3) is 0.240. The van der Waals surface area contributed by atoms with Gasteiger partial charge in [-0.25, -0.2) is 0 Å². The Labute approximate surface area is 162 Å². The number of hydrogen-bond donors (Lipinski definition) is 1.